The molecular formula is C21H28N6O4S. The van der Waals surface area contributed by atoms with Crippen molar-refractivity contribution in [2.24, 2.45) is 11.8 Å². The Balaban J connectivity index is 0.000000913. The summed E-state index contributed by atoms with van der Waals surface area (Å²) in [6, 6.07) is 1.89. The van der Waals surface area contributed by atoms with Crippen LogP contribution in [-0.4, -0.2) is 56.6 Å². The Bertz CT molecular complexity index is 931. The van der Waals surface area contributed by atoms with Crippen LogP contribution in [0, 0.1) is 11.8 Å². The molecule has 4 rings (SSSR count). The molecule has 1 aliphatic heterocycles. The molecule has 1 atom stereocenters. The van der Waals surface area contributed by atoms with Gasteiger partial charge in [0.1, 0.15) is 5.01 Å². The van der Waals surface area contributed by atoms with E-state index >= 15 is 0 Å². The van der Waals surface area contributed by atoms with Crippen molar-refractivity contribution in [3.63, 3.8) is 0 Å². The van der Waals surface area contributed by atoms with Crippen molar-refractivity contribution in [3.05, 3.63) is 34.6 Å². The predicted molar refractivity (Wildman–Crippen MR) is 119 cm³/mol. The van der Waals surface area contributed by atoms with Crippen LogP contribution in [0.4, 0.5) is 5.13 Å². The molecule has 10 nitrogen and oxygen atoms in total. The lowest BCUT2D eigenvalue weighted by atomic mass is 9.99. The lowest BCUT2D eigenvalue weighted by Crippen LogP contribution is -2.33. The van der Waals surface area contributed by atoms with Gasteiger partial charge in [0, 0.05) is 31.4 Å². The minimum atomic E-state index is -0.250. The summed E-state index contributed by atoms with van der Waals surface area (Å²) in [7, 11) is 0. The zero-order valence-corrected chi connectivity index (χ0v) is 18.6. The first kappa shape index (κ1) is 23.6. The van der Waals surface area contributed by atoms with Gasteiger partial charge in [-0.1, -0.05) is 24.2 Å². The van der Waals surface area contributed by atoms with Crippen molar-refractivity contribution in [2.75, 3.05) is 18.8 Å². The number of nitrogens with two attached hydrogens (primary N) is 1. The standard InChI is InChI=1S/C20H26N6O2S.CH2O2/c21-20-25-24-17(29-20)11-23-18(27)16-8-14(9-22-10-16)7-13-5-6-26(12-13)19(28)15-3-1-2-4-15;2-1-3/h8-10,13,15H,1-7,11-12H2,(H2,21,25)(H,23,27);1H,(H,2,3). The van der Waals surface area contributed by atoms with E-state index in [1.807, 2.05) is 17.2 Å². The lowest BCUT2D eigenvalue weighted by molar-refractivity contribution is -0.134. The Morgan fingerprint density at radius 2 is 2.00 bits per heavy atom. The number of nitrogen functional groups attached to an aromatic ring is 1. The number of nitrogens with zero attached hydrogens (tertiary/aromatic N) is 4. The number of rotatable bonds is 6. The molecule has 2 aromatic heterocycles. The molecular weight excluding hydrogens is 432 g/mol. The maximum atomic E-state index is 12.6. The normalized spacial score (nSPS) is 18.1. The van der Waals surface area contributed by atoms with Gasteiger partial charge in [-0.15, -0.1) is 10.2 Å². The van der Waals surface area contributed by atoms with Gasteiger partial charge in [0.05, 0.1) is 12.1 Å². The molecule has 2 amide bonds. The molecule has 0 bridgehead atoms. The fourth-order valence-corrected chi connectivity index (χ4v) is 4.83. The van der Waals surface area contributed by atoms with Crippen LogP contribution in [0.1, 0.15) is 53.0 Å². The Morgan fingerprint density at radius 3 is 2.69 bits per heavy atom. The van der Waals surface area contributed by atoms with Crippen LogP contribution in [-0.2, 0) is 22.6 Å². The summed E-state index contributed by atoms with van der Waals surface area (Å²) >= 11 is 1.25. The molecule has 1 saturated heterocycles. The van der Waals surface area contributed by atoms with E-state index in [0.717, 1.165) is 44.3 Å². The summed E-state index contributed by atoms with van der Waals surface area (Å²) in [4.78, 5) is 39.7. The van der Waals surface area contributed by atoms with Gasteiger partial charge in [-0.2, -0.15) is 0 Å². The van der Waals surface area contributed by atoms with Gasteiger partial charge in [-0.25, -0.2) is 0 Å². The smallest absolute Gasteiger partial charge is 0.290 e. The molecule has 0 spiro atoms. The average molecular weight is 461 g/mol. The highest BCUT2D eigenvalue weighted by molar-refractivity contribution is 7.15. The van der Waals surface area contributed by atoms with Crippen LogP contribution in [0.5, 0.6) is 0 Å². The third kappa shape index (κ3) is 6.46. The van der Waals surface area contributed by atoms with E-state index in [1.54, 1.807) is 6.20 Å². The fourth-order valence-electron chi connectivity index (χ4n) is 4.28. The highest BCUT2D eigenvalue weighted by atomic mass is 32.1. The van der Waals surface area contributed by atoms with Crippen LogP contribution in [0.25, 0.3) is 0 Å². The maximum absolute atomic E-state index is 12.6. The number of hydrogen-bond donors (Lipinski definition) is 3. The number of carbonyl (C=O) groups excluding carboxylic acids is 2. The van der Waals surface area contributed by atoms with E-state index in [2.05, 4.69) is 20.5 Å². The topological polar surface area (TPSA) is 151 Å². The SMILES string of the molecule is Nc1nnc(CNC(=O)c2cncc(CC3CCN(C(=O)C4CCCC4)C3)c2)s1.O=CO. The number of nitrogens with one attached hydrogen (secondary N) is 1. The third-order valence-electron chi connectivity index (χ3n) is 5.77. The maximum Gasteiger partial charge on any atom is 0.290 e. The number of carbonyl (C=O) groups is 3. The molecule has 2 aliphatic rings. The van der Waals surface area contributed by atoms with Crippen molar-refractivity contribution in [2.45, 2.75) is 45.1 Å². The van der Waals surface area contributed by atoms with Gasteiger partial charge in [-0.05, 0) is 43.2 Å². The molecule has 3 heterocycles. The van der Waals surface area contributed by atoms with Gasteiger partial charge in [-0.3, -0.25) is 19.4 Å². The largest absolute Gasteiger partial charge is 0.483 e. The van der Waals surface area contributed by atoms with Gasteiger partial charge in [0.25, 0.3) is 12.4 Å². The second-order valence-electron chi connectivity index (χ2n) is 8.03. The van der Waals surface area contributed by atoms with E-state index in [1.165, 1.54) is 24.2 Å². The summed E-state index contributed by atoms with van der Waals surface area (Å²) < 4.78 is 0. The van der Waals surface area contributed by atoms with Gasteiger partial charge in [0.15, 0.2) is 0 Å². The Hall–Kier alpha value is -3.08. The van der Waals surface area contributed by atoms with Crippen molar-refractivity contribution < 1.29 is 19.5 Å². The summed E-state index contributed by atoms with van der Waals surface area (Å²) in [5, 5.41) is 18.4. The number of pyridine rings is 1. The molecule has 11 heteroatoms. The van der Waals surface area contributed by atoms with Crippen LogP contribution in [0.3, 0.4) is 0 Å². The van der Waals surface area contributed by atoms with Gasteiger partial charge < -0.3 is 21.1 Å². The van der Waals surface area contributed by atoms with Gasteiger partial charge >= 0.3 is 0 Å². The van der Waals surface area contributed by atoms with Gasteiger partial charge in [0.2, 0.25) is 11.0 Å². The number of amides is 2. The summed E-state index contributed by atoms with van der Waals surface area (Å²) in [6.07, 6.45) is 9.67. The second-order valence-corrected chi connectivity index (χ2v) is 9.12. The summed E-state index contributed by atoms with van der Waals surface area (Å²) in [5.74, 6) is 0.807. The quantitative estimate of drug-likeness (QED) is 0.551. The summed E-state index contributed by atoms with van der Waals surface area (Å²) in [6.45, 7) is 1.70. The van der Waals surface area contributed by atoms with E-state index < -0.39 is 0 Å². The molecule has 172 valence electrons. The number of likely N-dealkylation sites (tertiary alicyclic amines) is 1. The summed E-state index contributed by atoms with van der Waals surface area (Å²) in [5.41, 5.74) is 7.11. The molecule has 1 unspecified atom stereocenters. The highest BCUT2D eigenvalue weighted by Crippen LogP contribution is 2.29. The van der Waals surface area contributed by atoms with Crippen molar-refractivity contribution in [1.29, 1.82) is 0 Å². The Kier molecular flexibility index (Phi) is 8.48. The molecule has 2 fully saturated rings. The van der Waals surface area contributed by atoms with Crippen LogP contribution < -0.4 is 11.1 Å². The number of aromatic nitrogens is 3. The Morgan fingerprint density at radius 1 is 1.25 bits per heavy atom. The Labute approximate surface area is 190 Å². The minimum absolute atomic E-state index is 0.197. The lowest BCUT2D eigenvalue weighted by Gasteiger charge is -2.20. The molecule has 1 saturated carbocycles. The molecule has 0 aromatic carbocycles. The molecule has 2 aromatic rings. The number of hydrogen-bond acceptors (Lipinski definition) is 8. The number of carboxylic acid groups (broad SMARTS) is 1. The van der Waals surface area contributed by atoms with Crippen molar-refractivity contribution in [3.8, 4) is 0 Å². The number of anilines is 1. The molecule has 0 radical (unpaired) electrons. The first-order chi connectivity index (χ1) is 15.5. The minimum Gasteiger partial charge on any atom is -0.483 e. The first-order valence-electron chi connectivity index (χ1n) is 10.7. The zero-order valence-electron chi connectivity index (χ0n) is 17.8. The monoisotopic (exact) mass is 460 g/mol. The molecule has 32 heavy (non-hydrogen) atoms. The van der Waals surface area contributed by atoms with Crippen LogP contribution in [0.2, 0.25) is 0 Å². The van der Waals surface area contributed by atoms with Crippen LogP contribution >= 0.6 is 11.3 Å². The van der Waals surface area contributed by atoms with Crippen molar-refractivity contribution in [1.82, 2.24) is 25.4 Å². The molecule has 1 aliphatic carbocycles. The predicted octanol–water partition coefficient (Wildman–Crippen LogP) is 1.73. The van der Waals surface area contributed by atoms with E-state index in [4.69, 9.17) is 15.6 Å². The highest BCUT2D eigenvalue weighted by Gasteiger charge is 2.32. The third-order valence-corrected chi connectivity index (χ3v) is 6.52. The average Bonchev–Trinajstić information content (AvgIpc) is 3.55. The fraction of sp³-hybridized carbons (Fsp3) is 0.524. The second kappa shape index (κ2) is 11.5. The first-order valence-corrected chi connectivity index (χ1v) is 11.5. The van der Waals surface area contributed by atoms with E-state index in [9.17, 15) is 9.59 Å². The van der Waals surface area contributed by atoms with E-state index in [-0.39, 0.29) is 18.3 Å². The van der Waals surface area contributed by atoms with E-state index in [0.29, 0.717) is 34.1 Å². The molecule has 4 N–H and O–H groups in total. The zero-order chi connectivity index (χ0) is 22.9. The van der Waals surface area contributed by atoms with Crippen molar-refractivity contribution >= 4 is 34.8 Å². The van der Waals surface area contributed by atoms with Crippen LogP contribution in [0.15, 0.2) is 18.5 Å².